The van der Waals surface area contributed by atoms with Gasteiger partial charge in [-0.1, -0.05) is 140 Å². The predicted molar refractivity (Wildman–Crippen MR) is 263 cm³/mol. The average Bonchev–Trinajstić information content (AvgIpc) is 4.09. The monoisotopic (exact) mass is 817 g/mol. The van der Waals surface area contributed by atoms with Gasteiger partial charge in [0, 0.05) is 73.4 Å². The lowest BCUT2D eigenvalue weighted by atomic mass is 10.0. The first-order valence-electron chi connectivity index (χ1n) is 21.6. The van der Waals surface area contributed by atoms with Crippen molar-refractivity contribution in [3.63, 3.8) is 0 Å². The molecule has 64 heavy (non-hydrogen) atoms. The maximum atomic E-state index is 6.23. The number of benzene rings is 7. The van der Waals surface area contributed by atoms with Crippen LogP contribution >= 0.6 is 0 Å². The van der Waals surface area contributed by atoms with Crippen LogP contribution in [0.25, 0.3) is 121 Å². The lowest BCUT2D eigenvalue weighted by Gasteiger charge is -2.26. The SMILES string of the molecule is c1ccc(-c2c(-n3c4ccccc4c4ccccc43)c(-n3c4ccccc4c4cnccc43)nc(-n3c4ccccc4c4ccccc43)c2-n2c3ccccc3c3cnccc32)cc1. The smallest absolute Gasteiger partial charge is 0.165 e. The summed E-state index contributed by atoms with van der Waals surface area (Å²) >= 11 is 0. The number of fused-ring (bicyclic) bond motifs is 12. The molecule has 0 aliphatic heterocycles. The summed E-state index contributed by atoms with van der Waals surface area (Å²) < 4.78 is 9.67. The van der Waals surface area contributed by atoms with E-state index in [2.05, 4.69) is 211 Å². The molecule has 0 aliphatic carbocycles. The number of nitrogens with zero attached hydrogens (tertiary/aromatic N) is 7. The van der Waals surface area contributed by atoms with Crippen LogP contribution in [-0.4, -0.2) is 33.2 Å². The van der Waals surface area contributed by atoms with Gasteiger partial charge in [-0.05, 0) is 54.1 Å². The van der Waals surface area contributed by atoms with Gasteiger partial charge in [-0.25, -0.2) is 4.98 Å². The van der Waals surface area contributed by atoms with E-state index in [0.717, 1.165) is 111 Å². The molecule has 7 heterocycles. The zero-order chi connectivity index (χ0) is 41.9. The molecule has 0 saturated carbocycles. The fourth-order valence-corrected chi connectivity index (χ4v) is 10.6. The molecule has 0 bridgehead atoms. The molecule has 7 aromatic heterocycles. The lowest BCUT2D eigenvalue weighted by Crippen LogP contribution is -2.16. The van der Waals surface area contributed by atoms with Crippen LogP contribution < -0.4 is 0 Å². The number of para-hydroxylation sites is 6. The third-order valence-corrected chi connectivity index (χ3v) is 13.2. The van der Waals surface area contributed by atoms with Crippen molar-refractivity contribution in [2.24, 2.45) is 0 Å². The van der Waals surface area contributed by atoms with Crippen molar-refractivity contribution >= 4 is 87.2 Å². The Balaban J connectivity index is 1.33. The van der Waals surface area contributed by atoms with Crippen LogP contribution in [0.3, 0.4) is 0 Å². The third-order valence-electron chi connectivity index (χ3n) is 13.2. The quantitative estimate of drug-likeness (QED) is 0.174. The Morgan fingerprint density at radius 3 is 0.953 bits per heavy atom. The van der Waals surface area contributed by atoms with Gasteiger partial charge in [-0.15, -0.1) is 0 Å². The average molecular weight is 818 g/mol. The van der Waals surface area contributed by atoms with Gasteiger partial charge in [-0.2, -0.15) is 0 Å². The van der Waals surface area contributed by atoms with E-state index in [-0.39, 0.29) is 0 Å². The van der Waals surface area contributed by atoms with Crippen LogP contribution in [0.2, 0.25) is 0 Å². The highest BCUT2D eigenvalue weighted by atomic mass is 15.2. The minimum absolute atomic E-state index is 0.797. The molecule has 0 fully saturated rings. The van der Waals surface area contributed by atoms with Gasteiger partial charge in [0.2, 0.25) is 0 Å². The summed E-state index contributed by atoms with van der Waals surface area (Å²) in [6.07, 6.45) is 7.78. The third kappa shape index (κ3) is 4.72. The molecule has 0 atom stereocenters. The Bertz CT molecular complexity index is 3740. The summed E-state index contributed by atoms with van der Waals surface area (Å²) in [5.74, 6) is 1.60. The van der Waals surface area contributed by atoms with Gasteiger partial charge in [0.25, 0.3) is 0 Å². The second kappa shape index (κ2) is 13.3. The zero-order valence-corrected chi connectivity index (χ0v) is 34.3. The highest BCUT2D eigenvalue weighted by Gasteiger charge is 2.32. The van der Waals surface area contributed by atoms with Gasteiger partial charge >= 0.3 is 0 Å². The lowest BCUT2D eigenvalue weighted by molar-refractivity contribution is 0.960. The summed E-state index contributed by atoms with van der Waals surface area (Å²) in [6.45, 7) is 0. The molecule has 0 radical (unpaired) electrons. The first-order chi connectivity index (χ1) is 31.8. The molecule has 298 valence electrons. The fourth-order valence-electron chi connectivity index (χ4n) is 10.6. The molecule has 0 saturated heterocycles. The van der Waals surface area contributed by atoms with Crippen LogP contribution in [-0.2, 0) is 0 Å². The van der Waals surface area contributed by atoms with Crippen LogP contribution in [0.4, 0.5) is 0 Å². The minimum Gasteiger partial charge on any atom is -0.305 e. The summed E-state index contributed by atoms with van der Waals surface area (Å²) in [7, 11) is 0. The van der Waals surface area contributed by atoms with Crippen LogP contribution in [0.15, 0.2) is 213 Å². The maximum absolute atomic E-state index is 6.23. The van der Waals surface area contributed by atoms with E-state index in [1.54, 1.807) is 0 Å². The fraction of sp³-hybridized carbons (Fsp3) is 0. The summed E-state index contributed by atoms with van der Waals surface area (Å²) in [4.78, 5) is 15.6. The molecule has 0 aliphatic rings. The van der Waals surface area contributed by atoms with E-state index >= 15 is 0 Å². The summed E-state index contributed by atoms with van der Waals surface area (Å²) in [6, 6.07) is 67.5. The van der Waals surface area contributed by atoms with Gasteiger partial charge < -0.3 is 9.13 Å². The van der Waals surface area contributed by atoms with Crippen LogP contribution in [0.1, 0.15) is 0 Å². The standard InChI is InChI=1S/C57H35N7/c1-2-16-36(17-3-1)53-54(61-45-24-10-4-18-37(45)38-19-5-11-25-46(38)61)57(64-50-29-15-9-23-42(50)44-35-59-33-31-52(44)64)60-56(63-48-27-13-6-20-39(48)40-21-7-14-28-49(40)63)55(53)62-47-26-12-8-22-41(47)43-34-58-32-30-51(43)62/h1-35H. The van der Waals surface area contributed by atoms with Gasteiger partial charge in [0.05, 0.1) is 44.1 Å². The molecule has 7 nitrogen and oxygen atoms in total. The molecule has 14 aromatic rings. The highest BCUT2D eigenvalue weighted by molar-refractivity contribution is 6.15. The van der Waals surface area contributed by atoms with Crippen molar-refractivity contribution in [3.8, 4) is 34.1 Å². The van der Waals surface area contributed by atoms with E-state index in [9.17, 15) is 0 Å². The molecule has 0 unspecified atom stereocenters. The number of aromatic nitrogens is 7. The first kappa shape index (κ1) is 34.9. The number of hydrogen-bond donors (Lipinski definition) is 0. The number of hydrogen-bond acceptors (Lipinski definition) is 3. The minimum atomic E-state index is 0.797. The topological polar surface area (TPSA) is 58.4 Å². The molecule has 7 aromatic carbocycles. The van der Waals surface area contributed by atoms with Crippen LogP contribution in [0, 0.1) is 0 Å². The summed E-state index contributed by atoms with van der Waals surface area (Å²) in [5, 5.41) is 9.03. The van der Waals surface area contributed by atoms with Gasteiger partial charge in [-0.3, -0.25) is 19.1 Å². The predicted octanol–water partition coefficient (Wildman–Crippen LogP) is 13.9. The van der Waals surface area contributed by atoms with Crippen molar-refractivity contribution < 1.29 is 0 Å². The van der Waals surface area contributed by atoms with Crippen molar-refractivity contribution in [1.29, 1.82) is 0 Å². The van der Waals surface area contributed by atoms with E-state index in [0.29, 0.717) is 0 Å². The molecule has 14 rings (SSSR count). The Labute approximate surface area is 366 Å². The van der Waals surface area contributed by atoms with Crippen LogP contribution in [0.5, 0.6) is 0 Å². The Morgan fingerprint density at radius 2 is 0.562 bits per heavy atom. The van der Waals surface area contributed by atoms with Gasteiger partial charge in [0.1, 0.15) is 11.4 Å². The summed E-state index contributed by atoms with van der Waals surface area (Å²) in [5.41, 5.74) is 12.5. The van der Waals surface area contributed by atoms with E-state index in [1.807, 2.05) is 24.8 Å². The van der Waals surface area contributed by atoms with Crippen molar-refractivity contribution in [2.75, 3.05) is 0 Å². The Morgan fingerprint density at radius 1 is 0.266 bits per heavy atom. The second-order valence-electron chi connectivity index (χ2n) is 16.4. The number of pyridine rings is 3. The second-order valence-corrected chi connectivity index (χ2v) is 16.4. The maximum Gasteiger partial charge on any atom is 0.165 e. The normalized spacial score (nSPS) is 12.1. The Hall–Kier alpha value is -8.81. The molecule has 0 amide bonds. The highest BCUT2D eigenvalue weighted by Crippen LogP contribution is 2.48. The molecule has 7 heteroatoms. The Kier molecular flexibility index (Phi) is 7.27. The van der Waals surface area contributed by atoms with E-state index in [4.69, 9.17) is 9.97 Å². The molecular formula is C57H35N7. The van der Waals surface area contributed by atoms with Crippen molar-refractivity contribution in [3.05, 3.63) is 213 Å². The molecule has 0 spiro atoms. The van der Waals surface area contributed by atoms with Crippen molar-refractivity contribution in [1.82, 2.24) is 33.2 Å². The van der Waals surface area contributed by atoms with E-state index < -0.39 is 0 Å². The first-order valence-corrected chi connectivity index (χ1v) is 21.6. The van der Waals surface area contributed by atoms with Crippen molar-refractivity contribution in [2.45, 2.75) is 0 Å². The van der Waals surface area contributed by atoms with E-state index in [1.165, 1.54) is 10.8 Å². The number of rotatable bonds is 5. The largest absolute Gasteiger partial charge is 0.305 e. The zero-order valence-electron chi connectivity index (χ0n) is 34.3. The van der Waals surface area contributed by atoms with Gasteiger partial charge in [0.15, 0.2) is 11.6 Å². The molecule has 0 N–H and O–H groups in total. The molecular weight excluding hydrogens is 783 g/mol.